The number of benzene rings is 12. The molecule has 0 saturated heterocycles. The summed E-state index contributed by atoms with van der Waals surface area (Å²) in [5, 5.41) is 2.42. The van der Waals surface area contributed by atoms with Crippen molar-refractivity contribution in [2.75, 3.05) is 9.80 Å². The van der Waals surface area contributed by atoms with Crippen LogP contribution in [0.15, 0.2) is 224 Å². The minimum absolute atomic E-state index is 0.122. The molecule has 0 radical (unpaired) electrons. The van der Waals surface area contributed by atoms with Crippen molar-refractivity contribution < 1.29 is 6.85 Å². The van der Waals surface area contributed by atoms with E-state index in [0.29, 0.717) is 5.56 Å². The van der Waals surface area contributed by atoms with Crippen LogP contribution in [0.2, 0.25) is 0 Å². The van der Waals surface area contributed by atoms with E-state index in [0.717, 1.165) is 112 Å². The lowest BCUT2D eigenvalue weighted by molar-refractivity contribution is 0.569. The third kappa shape index (κ3) is 15.5. The minimum Gasteiger partial charge on any atom is -0.310 e. The van der Waals surface area contributed by atoms with E-state index < -0.39 is 18.2 Å². The van der Waals surface area contributed by atoms with E-state index in [9.17, 15) is 5.48 Å². The van der Waals surface area contributed by atoms with Gasteiger partial charge in [-0.25, -0.2) is 0 Å². The number of anilines is 6. The Morgan fingerprint density at radius 1 is 0.250 bits per heavy atom. The quantitative estimate of drug-likeness (QED) is 0.141. The number of hydrogen-bond acceptors (Lipinski definition) is 2. The van der Waals surface area contributed by atoms with Crippen LogP contribution in [0.1, 0.15) is 297 Å². The summed E-state index contributed by atoms with van der Waals surface area (Å²) in [6, 6.07) is 75.0. The first-order chi connectivity index (χ1) is 57.5. The van der Waals surface area contributed by atoms with Crippen LogP contribution in [0, 0.1) is 0 Å². The average molecular weight is 1590 g/mol. The summed E-state index contributed by atoms with van der Waals surface area (Å²) in [5.41, 5.74) is 32.8. The molecule has 3 heterocycles. The zero-order chi connectivity index (χ0) is 91.5. The van der Waals surface area contributed by atoms with Gasteiger partial charge in [-0.2, -0.15) is 0 Å². The summed E-state index contributed by atoms with van der Waals surface area (Å²) in [7, 11) is 0. The molecule has 0 aliphatic carbocycles. The fourth-order valence-corrected chi connectivity index (χ4v) is 18.5. The average Bonchev–Trinajstić information content (AvgIpc) is 1.36. The fourth-order valence-electron chi connectivity index (χ4n) is 18.5. The van der Waals surface area contributed by atoms with Crippen molar-refractivity contribution in [3.63, 3.8) is 0 Å². The smallest absolute Gasteiger partial charge is 0.252 e. The molecule has 15 rings (SSSR count). The molecule has 2 aliphatic heterocycles. The summed E-state index contributed by atoms with van der Waals surface area (Å²) in [6.45, 7) is 76.9. The molecule has 3 nitrogen and oxygen atoms in total. The zero-order valence-corrected chi connectivity index (χ0v) is 78.9. The zero-order valence-electron chi connectivity index (χ0n) is 83.9. The van der Waals surface area contributed by atoms with Gasteiger partial charge in [0.2, 0.25) is 0 Å². The van der Waals surface area contributed by atoms with Crippen molar-refractivity contribution in [2.45, 2.75) is 288 Å². The van der Waals surface area contributed by atoms with E-state index in [1.165, 1.54) is 72.0 Å². The first-order valence-corrected chi connectivity index (χ1v) is 44.2. The maximum atomic E-state index is 9.93. The molecular weight excluding hydrogens is 1450 g/mol. The lowest BCUT2D eigenvalue weighted by atomic mass is 9.33. The lowest BCUT2D eigenvalue weighted by Crippen LogP contribution is -2.61. The first-order valence-electron chi connectivity index (χ1n) is 46.7. The van der Waals surface area contributed by atoms with Gasteiger partial charge >= 0.3 is 0 Å². The molecule has 0 fully saturated rings. The summed E-state index contributed by atoms with van der Waals surface area (Å²) in [6.07, 6.45) is 0. The Bertz CT molecular complexity index is 6390. The van der Waals surface area contributed by atoms with Crippen LogP contribution < -0.4 is 26.2 Å². The normalized spacial score (nSPS) is 14.6. The number of rotatable bonds is 8. The van der Waals surface area contributed by atoms with Gasteiger partial charge in [-0.15, -0.1) is 0 Å². The van der Waals surface area contributed by atoms with Gasteiger partial charge in [0, 0.05) is 61.5 Å². The number of aromatic nitrogens is 1. The van der Waals surface area contributed by atoms with E-state index in [2.05, 4.69) is 431 Å². The van der Waals surface area contributed by atoms with Crippen LogP contribution in [0.3, 0.4) is 0 Å². The summed E-state index contributed by atoms with van der Waals surface area (Å²) >= 11 is 0. The highest BCUT2D eigenvalue weighted by molar-refractivity contribution is 7.00. The SMILES string of the molecule is [2H]c1c([2H])c([2H])c(-c2ccc3c(c2)N(c2c(-c4ccc(C(C)(C)C)cc4)cc(C(C)(C)C)cc2-c2ccc(C(C)(C)C)cc2C(C)(C)C)c2cc(C(C)(C)C)cc4c2B3c2ccc(-n3c5ccc(C(C)(C)C)cc5c5cc(C(C)(C)C)ccc53)cc2N4c2c(-c3ccc(C(C)(C)C)cc3)cc(C(C)(C)C)cc2-c2c(C(C)(C)C)cccc2C(C)(C)C)c([2H])c1[2H]. The predicted molar refractivity (Wildman–Crippen MR) is 528 cm³/mol. The van der Waals surface area contributed by atoms with Crippen LogP contribution in [-0.4, -0.2) is 11.3 Å². The van der Waals surface area contributed by atoms with Crippen molar-refractivity contribution in [3.8, 4) is 61.3 Å². The molecule has 0 unspecified atom stereocenters. The Morgan fingerprint density at radius 2 is 0.608 bits per heavy atom. The van der Waals surface area contributed by atoms with Crippen LogP contribution in [0.25, 0.3) is 83.1 Å². The van der Waals surface area contributed by atoms with Crippen molar-refractivity contribution in [1.29, 1.82) is 0 Å². The maximum absolute atomic E-state index is 9.93. The predicted octanol–water partition coefficient (Wildman–Crippen LogP) is 31.5. The molecule has 618 valence electrons. The lowest BCUT2D eigenvalue weighted by Gasteiger charge is -2.47. The molecule has 2 aliphatic rings. The maximum Gasteiger partial charge on any atom is 0.252 e. The molecule has 0 atom stereocenters. The number of nitrogens with zero attached hydrogens (tertiary/aromatic N) is 3. The number of fused-ring (bicyclic) bond motifs is 7. The Hall–Kier alpha value is -9.90. The van der Waals surface area contributed by atoms with Gasteiger partial charge in [0.1, 0.15) is 0 Å². The molecule has 1 aromatic heterocycles. The van der Waals surface area contributed by atoms with Crippen LogP contribution >= 0.6 is 0 Å². The Balaban J connectivity index is 1.23. The second-order valence-corrected chi connectivity index (χ2v) is 46.6. The van der Waals surface area contributed by atoms with E-state index in [4.69, 9.17) is 1.37 Å². The van der Waals surface area contributed by atoms with Gasteiger partial charge in [-0.3, -0.25) is 0 Å². The molecule has 13 aromatic rings. The molecule has 0 N–H and O–H groups in total. The Kier molecular flexibility index (Phi) is 18.9. The van der Waals surface area contributed by atoms with E-state index in [-0.39, 0.29) is 83.9 Å². The Morgan fingerprint density at radius 3 is 1.03 bits per heavy atom. The fraction of sp³-hybridized carbons (Fsp3) is 0.379. The largest absolute Gasteiger partial charge is 0.310 e. The number of hydrogen-bond donors (Lipinski definition) is 0. The van der Waals surface area contributed by atoms with E-state index in [1.54, 1.807) is 0 Å². The highest BCUT2D eigenvalue weighted by atomic mass is 15.2. The second-order valence-electron chi connectivity index (χ2n) is 46.6. The van der Waals surface area contributed by atoms with E-state index >= 15 is 0 Å². The van der Waals surface area contributed by atoms with Gasteiger partial charge in [-0.1, -0.05) is 374 Å². The third-order valence-electron chi connectivity index (χ3n) is 25.9. The monoisotopic (exact) mass is 1590 g/mol. The molecular formula is C116H136BN3. The molecule has 0 amide bonds. The highest BCUT2D eigenvalue weighted by Crippen LogP contribution is 2.59. The first kappa shape index (κ1) is 78.6. The summed E-state index contributed by atoms with van der Waals surface area (Å²) in [5.74, 6) is 0. The highest BCUT2D eigenvalue weighted by Gasteiger charge is 2.48. The minimum atomic E-state index is -0.494. The summed E-state index contributed by atoms with van der Waals surface area (Å²) in [4.78, 5) is 5.36. The van der Waals surface area contributed by atoms with Gasteiger partial charge in [-0.05, 0) is 249 Å². The van der Waals surface area contributed by atoms with Gasteiger partial charge < -0.3 is 14.4 Å². The Labute approximate surface area is 730 Å². The molecule has 12 aromatic carbocycles. The molecule has 0 spiro atoms. The van der Waals surface area contributed by atoms with Crippen LogP contribution in [0.5, 0.6) is 0 Å². The van der Waals surface area contributed by atoms with Gasteiger partial charge in [0.25, 0.3) is 6.71 Å². The van der Waals surface area contributed by atoms with Gasteiger partial charge in [0.05, 0.1) is 29.3 Å². The van der Waals surface area contributed by atoms with E-state index in [1.807, 2.05) is 6.07 Å². The standard InChI is InChI=1S/C116H136BN3/c1-106(2,3)75-47-42-72(43-48-75)85-63-80(111(16,17)18)65-89(84-55-51-79(110(13,14)15)67-93(84)116(31,32)33)104(85)119-98-60-74(71-38-35-34-36-39-71)46-56-94(98)117-95-57-54-83(118-96-58-52-77(108(7,8)9)61-87(96)88-62-78(109(10,11)12)53-59-97(88)118)70-99(95)120(101-69-82(113(22,23)24)68-100(119)103(101)117)105-86(73-44-49-76(50-45-73)107(4,5)6)64-81(112(19,20)21)66-90(105)102-91(114(25,26)27)40-37-41-92(102)115(28,29)30/h34-70H,1-33H3/i34D,35D,36D,38D,39D. The summed E-state index contributed by atoms with van der Waals surface area (Å²) < 4.78 is 50.2. The molecule has 0 saturated carbocycles. The van der Waals surface area contributed by atoms with Crippen LogP contribution in [-0.2, 0) is 59.6 Å². The van der Waals surface area contributed by atoms with Crippen LogP contribution in [0.4, 0.5) is 34.1 Å². The van der Waals surface area contributed by atoms with Crippen molar-refractivity contribution in [3.05, 3.63) is 286 Å². The van der Waals surface area contributed by atoms with Crippen molar-refractivity contribution in [2.24, 2.45) is 0 Å². The second kappa shape index (κ2) is 28.9. The molecule has 0 bridgehead atoms. The topological polar surface area (TPSA) is 11.4 Å². The molecule has 120 heavy (non-hydrogen) atoms. The van der Waals surface area contributed by atoms with Gasteiger partial charge in [0.15, 0.2) is 0 Å². The molecule has 4 heteroatoms. The van der Waals surface area contributed by atoms with Crippen molar-refractivity contribution in [1.82, 2.24) is 4.57 Å². The third-order valence-corrected chi connectivity index (χ3v) is 25.9. The van der Waals surface area contributed by atoms with Crippen molar-refractivity contribution >= 4 is 79.0 Å².